The molecule has 0 aliphatic heterocycles. The number of aryl methyl sites for hydroxylation is 1. The van der Waals surface area contributed by atoms with Gasteiger partial charge >= 0.3 is 0 Å². The van der Waals surface area contributed by atoms with Crippen molar-refractivity contribution in [3.8, 4) is 0 Å². The number of nitrogens with two attached hydrogens (primary N) is 1. The van der Waals surface area contributed by atoms with Crippen LogP contribution in [-0.2, 0) is 4.79 Å². The Labute approximate surface area is 94.8 Å². The first kappa shape index (κ1) is 11.0. The number of carbonyl (C=O) groups is 1. The van der Waals surface area contributed by atoms with Crippen LogP contribution in [0.25, 0.3) is 0 Å². The van der Waals surface area contributed by atoms with E-state index < -0.39 is 0 Å². The number of nitrogen functional groups attached to an aromatic ring is 1. The Morgan fingerprint density at radius 3 is 2.81 bits per heavy atom. The Morgan fingerprint density at radius 1 is 1.56 bits per heavy atom. The molecule has 0 atom stereocenters. The molecular weight excluding hydrogens is 204 g/mol. The van der Waals surface area contributed by atoms with E-state index in [1.165, 1.54) is 25.7 Å². The number of nitrogens with one attached hydrogen (secondary N) is 2. The molecule has 0 radical (unpaired) electrons. The van der Waals surface area contributed by atoms with Crippen LogP contribution in [-0.4, -0.2) is 16.1 Å². The Hall–Kier alpha value is -1.52. The summed E-state index contributed by atoms with van der Waals surface area (Å²) in [6.07, 6.45) is 5.43. The zero-order valence-electron chi connectivity index (χ0n) is 9.55. The summed E-state index contributed by atoms with van der Waals surface area (Å²) < 4.78 is 0. The molecule has 0 saturated heterocycles. The van der Waals surface area contributed by atoms with Gasteiger partial charge in [-0.2, -0.15) is 5.10 Å². The maximum atomic E-state index is 11.7. The summed E-state index contributed by atoms with van der Waals surface area (Å²) in [6, 6.07) is 0. The van der Waals surface area contributed by atoms with Crippen LogP contribution in [0.4, 0.5) is 11.5 Å². The van der Waals surface area contributed by atoms with Crippen molar-refractivity contribution in [3.63, 3.8) is 0 Å². The third kappa shape index (κ3) is 2.35. The molecule has 1 aromatic rings. The summed E-state index contributed by atoms with van der Waals surface area (Å²) >= 11 is 0. The quantitative estimate of drug-likeness (QED) is 0.729. The maximum Gasteiger partial charge on any atom is 0.225 e. The number of rotatable bonds is 3. The number of hydrogen-bond acceptors (Lipinski definition) is 3. The van der Waals surface area contributed by atoms with E-state index in [-0.39, 0.29) is 5.91 Å². The summed E-state index contributed by atoms with van der Waals surface area (Å²) in [7, 11) is 0. The molecule has 0 bridgehead atoms. The summed E-state index contributed by atoms with van der Waals surface area (Å²) in [5.74, 6) is 1.02. The Balaban J connectivity index is 1.89. The summed E-state index contributed by atoms with van der Waals surface area (Å²) in [5, 5.41) is 9.45. The van der Waals surface area contributed by atoms with E-state index in [1.54, 1.807) is 0 Å². The van der Waals surface area contributed by atoms with Crippen molar-refractivity contribution in [2.24, 2.45) is 5.92 Å². The third-order valence-electron chi connectivity index (χ3n) is 3.20. The second kappa shape index (κ2) is 4.55. The predicted molar refractivity (Wildman–Crippen MR) is 62.9 cm³/mol. The lowest BCUT2D eigenvalue weighted by Crippen LogP contribution is -2.16. The fourth-order valence-electron chi connectivity index (χ4n) is 2.19. The molecule has 1 heterocycles. The molecule has 5 heteroatoms. The monoisotopic (exact) mass is 222 g/mol. The SMILES string of the molecule is Cc1[nH]nc(NC(=O)CC2CCCC2)c1N. The number of aromatic nitrogens is 2. The molecular formula is C11H18N4O. The van der Waals surface area contributed by atoms with Gasteiger partial charge in [-0.25, -0.2) is 0 Å². The number of anilines is 2. The van der Waals surface area contributed by atoms with Gasteiger partial charge in [-0.15, -0.1) is 0 Å². The van der Waals surface area contributed by atoms with Crippen LogP contribution in [0.1, 0.15) is 37.8 Å². The van der Waals surface area contributed by atoms with E-state index in [4.69, 9.17) is 5.73 Å². The molecule has 1 amide bonds. The van der Waals surface area contributed by atoms with Gasteiger partial charge in [-0.1, -0.05) is 12.8 Å². The van der Waals surface area contributed by atoms with E-state index in [0.29, 0.717) is 23.8 Å². The lowest BCUT2D eigenvalue weighted by atomic mass is 10.0. The lowest BCUT2D eigenvalue weighted by Gasteiger charge is -2.08. The van der Waals surface area contributed by atoms with Crippen LogP contribution in [0.2, 0.25) is 0 Å². The fourth-order valence-corrected chi connectivity index (χ4v) is 2.19. The Bertz CT molecular complexity index is 379. The minimum atomic E-state index is 0.0186. The van der Waals surface area contributed by atoms with Gasteiger partial charge in [0.15, 0.2) is 5.82 Å². The molecule has 4 N–H and O–H groups in total. The van der Waals surface area contributed by atoms with Crippen molar-refractivity contribution in [1.82, 2.24) is 10.2 Å². The van der Waals surface area contributed by atoms with Crippen LogP contribution < -0.4 is 11.1 Å². The second-order valence-electron chi connectivity index (χ2n) is 4.51. The largest absolute Gasteiger partial charge is 0.394 e. The van der Waals surface area contributed by atoms with Crippen LogP contribution in [0.5, 0.6) is 0 Å². The zero-order chi connectivity index (χ0) is 11.5. The molecule has 16 heavy (non-hydrogen) atoms. The van der Waals surface area contributed by atoms with Crippen molar-refractivity contribution in [2.45, 2.75) is 39.0 Å². The van der Waals surface area contributed by atoms with Crippen LogP contribution in [0.15, 0.2) is 0 Å². The zero-order valence-corrected chi connectivity index (χ0v) is 9.55. The van der Waals surface area contributed by atoms with Crippen LogP contribution in [0, 0.1) is 12.8 Å². The molecule has 1 saturated carbocycles. The highest BCUT2D eigenvalue weighted by Gasteiger charge is 2.19. The fraction of sp³-hybridized carbons (Fsp3) is 0.636. The predicted octanol–water partition coefficient (Wildman–Crippen LogP) is 1.82. The molecule has 5 nitrogen and oxygen atoms in total. The van der Waals surface area contributed by atoms with Crippen molar-refractivity contribution < 1.29 is 4.79 Å². The van der Waals surface area contributed by atoms with E-state index in [9.17, 15) is 4.79 Å². The standard InChI is InChI=1S/C11H18N4O/c1-7-10(12)11(15-14-7)13-9(16)6-8-4-2-3-5-8/h8H,2-6,12H2,1H3,(H2,13,14,15,16). The first-order valence-electron chi connectivity index (χ1n) is 5.77. The first-order valence-corrected chi connectivity index (χ1v) is 5.77. The minimum absolute atomic E-state index is 0.0186. The van der Waals surface area contributed by atoms with Gasteiger partial charge in [0, 0.05) is 6.42 Å². The molecule has 2 rings (SSSR count). The summed E-state index contributed by atoms with van der Waals surface area (Å²) in [4.78, 5) is 11.7. The van der Waals surface area contributed by atoms with Crippen molar-refractivity contribution in [1.29, 1.82) is 0 Å². The molecule has 0 spiro atoms. The normalized spacial score (nSPS) is 16.6. The van der Waals surface area contributed by atoms with Gasteiger partial charge in [-0.3, -0.25) is 9.89 Å². The molecule has 0 unspecified atom stereocenters. The van der Waals surface area contributed by atoms with Gasteiger partial charge in [0.05, 0.1) is 11.4 Å². The number of aromatic amines is 1. The maximum absolute atomic E-state index is 11.7. The molecule has 1 aliphatic rings. The molecule has 0 aromatic carbocycles. The molecule has 1 aromatic heterocycles. The van der Waals surface area contributed by atoms with Crippen molar-refractivity contribution >= 4 is 17.4 Å². The Morgan fingerprint density at radius 2 is 2.25 bits per heavy atom. The number of H-pyrrole nitrogens is 1. The topological polar surface area (TPSA) is 83.8 Å². The number of hydrogen-bond donors (Lipinski definition) is 3. The average molecular weight is 222 g/mol. The van der Waals surface area contributed by atoms with Gasteiger partial charge in [-0.05, 0) is 25.7 Å². The minimum Gasteiger partial charge on any atom is -0.394 e. The highest BCUT2D eigenvalue weighted by atomic mass is 16.1. The highest BCUT2D eigenvalue weighted by Crippen LogP contribution is 2.28. The van der Waals surface area contributed by atoms with Crippen molar-refractivity contribution in [3.05, 3.63) is 5.69 Å². The van der Waals surface area contributed by atoms with E-state index in [0.717, 1.165) is 5.69 Å². The van der Waals surface area contributed by atoms with E-state index in [1.807, 2.05) is 6.92 Å². The highest BCUT2D eigenvalue weighted by molar-refractivity contribution is 5.92. The van der Waals surface area contributed by atoms with Gasteiger partial charge in [0.25, 0.3) is 0 Å². The van der Waals surface area contributed by atoms with Gasteiger partial charge in [0.1, 0.15) is 0 Å². The number of nitrogens with zero attached hydrogens (tertiary/aromatic N) is 1. The molecule has 1 aliphatic carbocycles. The summed E-state index contributed by atoms with van der Waals surface area (Å²) in [5.41, 5.74) is 7.07. The molecule has 88 valence electrons. The van der Waals surface area contributed by atoms with Gasteiger partial charge in [0.2, 0.25) is 5.91 Å². The smallest absolute Gasteiger partial charge is 0.225 e. The van der Waals surface area contributed by atoms with Crippen molar-refractivity contribution in [2.75, 3.05) is 11.1 Å². The van der Waals surface area contributed by atoms with E-state index in [2.05, 4.69) is 15.5 Å². The van der Waals surface area contributed by atoms with E-state index >= 15 is 0 Å². The number of amides is 1. The van der Waals surface area contributed by atoms with Crippen LogP contribution in [0.3, 0.4) is 0 Å². The Kier molecular flexibility index (Phi) is 3.12. The molecule has 1 fully saturated rings. The van der Waals surface area contributed by atoms with Crippen LogP contribution >= 0.6 is 0 Å². The van der Waals surface area contributed by atoms with Gasteiger partial charge < -0.3 is 11.1 Å². The summed E-state index contributed by atoms with van der Waals surface area (Å²) in [6.45, 7) is 1.83. The third-order valence-corrected chi connectivity index (χ3v) is 3.20. The number of carbonyl (C=O) groups excluding carboxylic acids is 1. The first-order chi connectivity index (χ1) is 7.66. The second-order valence-corrected chi connectivity index (χ2v) is 4.51. The lowest BCUT2D eigenvalue weighted by molar-refractivity contribution is -0.117. The average Bonchev–Trinajstić information content (AvgIpc) is 2.83.